The second kappa shape index (κ2) is 24.7. The second-order valence-electron chi connectivity index (χ2n) is 14.9. The van der Waals surface area contributed by atoms with Crippen molar-refractivity contribution in [1.82, 2.24) is 4.57 Å². The summed E-state index contributed by atoms with van der Waals surface area (Å²) >= 11 is 0. The fourth-order valence-corrected chi connectivity index (χ4v) is 7.74. The van der Waals surface area contributed by atoms with Crippen molar-refractivity contribution in [1.29, 1.82) is 0 Å². The molecule has 3 aromatic rings. The van der Waals surface area contributed by atoms with Crippen molar-refractivity contribution in [2.24, 2.45) is 0 Å². The van der Waals surface area contributed by atoms with Gasteiger partial charge in [0.05, 0.1) is 6.54 Å². The lowest BCUT2D eigenvalue weighted by Gasteiger charge is -2.37. The first kappa shape index (κ1) is 39.1. The molecular weight excluding hydrogens is 569 g/mol. The topological polar surface area (TPSA) is 8.81 Å². The summed E-state index contributed by atoms with van der Waals surface area (Å²) in [5.74, 6) is 0. The van der Waals surface area contributed by atoms with Gasteiger partial charge < -0.3 is 0 Å². The summed E-state index contributed by atoms with van der Waals surface area (Å²) in [7, 11) is 0. The molecule has 0 radical (unpaired) electrons. The highest BCUT2D eigenvalue weighted by atomic mass is 15.1. The van der Waals surface area contributed by atoms with E-state index in [1.54, 1.807) is 0 Å². The van der Waals surface area contributed by atoms with E-state index >= 15 is 0 Å². The number of benzene rings is 2. The highest BCUT2D eigenvalue weighted by Crippen LogP contribution is 2.41. The third-order valence-electron chi connectivity index (χ3n) is 10.8. The molecule has 2 aromatic carbocycles. The van der Waals surface area contributed by atoms with Crippen LogP contribution in [0.2, 0.25) is 0 Å². The third-order valence-corrected chi connectivity index (χ3v) is 10.8. The normalized spacial score (nSPS) is 13.5. The highest BCUT2D eigenvalue weighted by molar-refractivity contribution is 5.30. The zero-order valence-electron chi connectivity index (χ0n) is 31.2. The third kappa shape index (κ3) is 15.6. The smallest absolute Gasteiger partial charge is 0.237 e. The number of rotatable bonds is 29. The van der Waals surface area contributed by atoms with E-state index in [9.17, 15) is 0 Å². The molecule has 3 rings (SSSR count). The Kier molecular flexibility index (Phi) is 20.6. The molecule has 0 bridgehead atoms. The number of unbranched alkanes of at least 4 members (excludes halogenated alkanes) is 20. The Bertz CT molecular complexity index is 1120. The van der Waals surface area contributed by atoms with Crippen molar-refractivity contribution >= 4 is 0 Å². The molecule has 1 aromatic heterocycles. The standard InChI is InChI=1S/C45H73N2/c1-4-6-8-10-11-12-13-14-15-16-17-18-19-20-21-22-30-36-44(47-39-38-46(41-47)37-31-23-9-7-5-2)45(3,43-34-28-25-29-35-43)40-42-32-26-24-27-33-42/h24-29,32-35,38-39,41,44H,4-23,30-31,36-37,40H2,1-3H3/q+1. The molecule has 0 spiro atoms. The fraction of sp³-hybridized carbons (Fsp3) is 0.667. The van der Waals surface area contributed by atoms with Gasteiger partial charge in [-0.2, -0.15) is 0 Å². The lowest BCUT2D eigenvalue weighted by molar-refractivity contribution is -0.697. The van der Waals surface area contributed by atoms with Crippen molar-refractivity contribution in [3.8, 4) is 0 Å². The molecule has 0 amide bonds. The van der Waals surface area contributed by atoms with Gasteiger partial charge >= 0.3 is 0 Å². The van der Waals surface area contributed by atoms with E-state index in [-0.39, 0.29) is 5.41 Å². The fourth-order valence-electron chi connectivity index (χ4n) is 7.74. The van der Waals surface area contributed by atoms with Crippen LogP contribution in [0.3, 0.4) is 0 Å². The summed E-state index contributed by atoms with van der Waals surface area (Å²) in [6.45, 7) is 8.27. The Balaban J connectivity index is 1.49. The predicted octanol–water partition coefficient (Wildman–Crippen LogP) is 13.5. The Labute approximate surface area is 291 Å². The van der Waals surface area contributed by atoms with Gasteiger partial charge in [0.25, 0.3) is 0 Å². The molecule has 47 heavy (non-hydrogen) atoms. The zero-order valence-corrected chi connectivity index (χ0v) is 31.2. The molecule has 2 heteroatoms. The van der Waals surface area contributed by atoms with Crippen LogP contribution in [-0.2, 0) is 18.4 Å². The molecule has 1 heterocycles. The van der Waals surface area contributed by atoms with E-state index in [1.807, 2.05) is 0 Å². The Morgan fingerprint density at radius 1 is 0.553 bits per heavy atom. The van der Waals surface area contributed by atoms with Gasteiger partial charge in [0.2, 0.25) is 6.33 Å². The van der Waals surface area contributed by atoms with E-state index in [2.05, 4.69) is 109 Å². The number of nitrogens with zero attached hydrogens (tertiary/aromatic N) is 2. The van der Waals surface area contributed by atoms with Gasteiger partial charge in [-0.3, -0.25) is 0 Å². The molecule has 0 saturated carbocycles. The molecular formula is C45H73N2+. The maximum atomic E-state index is 2.58. The summed E-state index contributed by atoms with van der Waals surface area (Å²) in [6.07, 6.45) is 40.2. The van der Waals surface area contributed by atoms with Crippen LogP contribution in [0.5, 0.6) is 0 Å². The van der Waals surface area contributed by atoms with E-state index in [1.165, 1.54) is 159 Å². The van der Waals surface area contributed by atoms with Gasteiger partial charge in [-0.15, -0.1) is 0 Å². The first-order chi connectivity index (χ1) is 23.2. The van der Waals surface area contributed by atoms with Gasteiger partial charge in [-0.1, -0.05) is 203 Å². The van der Waals surface area contributed by atoms with Crippen LogP contribution in [0.4, 0.5) is 0 Å². The summed E-state index contributed by atoms with van der Waals surface area (Å²) in [5.41, 5.74) is 2.90. The highest BCUT2D eigenvalue weighted by Gasteiger charge is 2.40. The molecule has 262 valence electrons. The minimum atomic E-state index is 0.00957. The number of hydrogen-bond donors (Lipinski definition) is 0. The van der Waals surface area contributed by atoms with E-state index in [4.69, 9.17) is 0 Å². The molecule has 2 atom stereocenters. The monoisotopic (exact) mass is 642 g/mol. The lowest BCUT2D eigenvalue weighted by atomic mass is 9.70. The van der Waals surface area contributed by atoms with Crippen LogP contribution in [0, 0.1) is 0 Å². The van der Waals surface area contributed by atoms with Crippen LogP contribution >= 0.6 is 0 Å². The lowest BCUT2D eigenvalue weighted by Crippen LogP contribution is -2.38. The van der Waals surface area contributed by atoms with Crippen LogP contribution in [0.25, 0.3) is 0 Å². The van der Waals surface area contributed by atoms with Crippen LogP contribution in [-0.4, -0.2) is 4.57 Å². The minimum absolute atomic E-state index is 0.00957. The minimum Gasteiger partial charge on any atom is -0.237 e. The summed E-state index contributed by atoms with van der Waals surface area (Å²) in [6, 6.07) is 23.0. The summed E-state index contributed by atoms with van der Waals surface area (Å²) < 4.78 is 5.02. The molecule has 0 aliphatic heterocycles. The van der Waals surface area contributed by atoms with Crippen molar-refractivity contribution < 1.29 is 4.57 Å². The average Bonchev–Trinajstić information content (AvgIpc) is 3.56. The van der Waals surface area contributed by atoms with Crippen molar-refractivity contribution in [3.63, 3.8) is 0 Å². The number of aryl methyl sites for hydroxylation is 1. The predicted molar refractivity (Wildman–Crippen MR) is 205 cm³/mol. The van der Waals surface area contributed by atoms with Crippen LogP contribution < -0.4 is 4.57 Å². The molecule has 2 unspecified atom stereocenters. The molecule has 0 fully saturated rings. The van der Waals surface area contributed by atoms with Gasteiger partial charge in [0.1, 0.15) is 18.4 Å². The van der Waals surface area contributed by atoms with Gasteiger partial charge in [-0.25, -0.2) is 9.13 Å². The molecule has 0 aliphatic rings. The number of imidazole rings is 1. The Morgan fingerprint density at radius 3 is 1.51 bits per heavy atom. The SMILES string of the molecule is CCCCCCCCCCCCCCCCCCCC(n1cc[n+](CCCCCCC)c1)C(C)(Cc1ccccc1)c1ccccc1. The average molecular weight is 642 g/mol. The molecule has 0 aliphatic carbocycles. The summed E-state index contributed by atoms with van der Waals surface area (Å²) in [5, 5.41) is 0. The van der Waals surface area contributed by atoms with Crippen molar-refractivity contribution in [3.05, 3.63) is 90.5 Å². The molecule has 0 saturated heterocycles. The zero-order chi connectivity index (χ0) is 33.3. The first-order valence-corrected chi connectivity index (χ1v) is 20.3. The summed E-state index contributed by atoms with van der Waals surface area (Å²) in [4.78, 5) is 0. The number of hydrogen-bond acceptors (Lipinski definition) is 0. The number of aromatic nitrogens is 2. The van der Waals surface area contributed by atoms with E-state index in [0.717, 1.165) is 13.0 Å². The van der Waals surface area contributed by atoms with Gasteiger partial charge in [0.15, 0.2) is 0 Å². The Hall–Kier alpha value is -2.35. The largest absolute Gasteiger partial charge is 0.244 e. The maximum absolute atomic E-state index is 2.58. The van der Waals surface area contributed by atoms with Crippen LogP contribution in [0.1, 0.15) is 186 Å². The van der Waals surface area contributed by atoms with E-state index in [0.29, 0.717) is 6.04 Å². The van der Waals surface area contributed by atoms with Gasteiger partial charge in [0, 0.05) is 5.41 Å². The Morgan fingerprint density at radius 2 is 1.00 bits per heavy atom. The van der Waals surface area contributed by atoms with Crippen LogP contribution in [0.15, 0.2) is 79.4 Å². The first-order valence-electron chi connectivity index (χ1n) is 20.3. The van der Waals surface area contributed by atoms with Gasteiger partial charge in [-0.05, 0) is 43.2 Å². The maximum Gasteiger partial charge on any atom is 0.244 e. The quantitative estimate of drug-likeness (QED) is 0.0527. The van der Waals surface area contributed by atoms with Crippen molar-refractivity contribution in [2.75, 3.05) is 0 Å². The molecule has 2 nitrogen and oxygen atoms in total. The van der Waals surface area contributed by atoms with Crippen molar-refractivity contribution in [2.45, 2.75) is 193 Å². The molecule has 0 N–H and O–H groups in total. The second-order valence-corrected chi connectivity index (χ2v) is 14.9. The van der Waals surface area contributed by atoms with E-state index < -0.39 is 0 Å².